The van der Waals surface area contributed by atoms with Gasteiger partial charge in [-0.3, -0.25) is 4.79 Å². The lowest BCUT2D eigenvalue weighted by Gasteiger charge is -2.11. The van der Waals surface area contributed by atoms with Crippen molar-refractivity contribution in [3.63, 3.8) is 0 Å². The van der Waals surface area contributed by atoms with E-state index < -0.39 is 0 Å². The molecule has 0 saturated heterocycles. The Labute approximate surface area is 107 Å². The van der Waals surface area contributed by atoms with Crippen molar-refractivity contribution in [3.8, 4) is 11.8 Å². The van der Waals surface area contributed by atoms with Crippen LogP contribution in [0, 0.1) is 11.3 Å². The number of nitriles is 1. The van der Waals surface area contributed by atoms with E-state index in [0.29, 0.717) is 36.4 Å². The summed E-state index contributed by atoms with van der Waals surface area (Å²) in [5.41, 5.74) is 6.51. The topological polar surface area (TPSA) is 79.3 Å². The number of nitrogens with two attached hydrogens (primary N) is 1. The Balaban J connectivity index is 2.45. The standard InChI is InChI=1S/C13H17N3O2/c1-16(2)13(17)4-3-7-18-12-6-5-11(15)8-10(12)9-14/h5-6,8H,3-4,7,15H2,1-2H3. The van der Waals surface area contributed by atoms with Gasteiger partial charge in [-0.05, 0) is 24.6 Å². The number of carbonyl (C=O) groups is 1. The zero-order chi connectivity index (χ0) is 13.5. The molecule has 0 bridgehead atoms. The van der Waals surface area contributed by atoms with Gasteiger partial charge < -0.3 is 15.4 Å². The number of rotatable bonds is 5. The van der Waals surface area contributed by atoms with E-state index in [-0.39, 0.29) is 5.91 Å². The van der Waals surface area contributed by atoms with Crippen LogP contribution < -0.4 is 10.5 Å². The van der Waals surface area contributed by atoms with E-state index >= 15 is 0 Å². The summed E-state index contributed by atoms with van der Waals surface area (Å²) >= 11 is 0. The predicted molar refractivity (Wildman–Crippen MR) is 69.0 cm³/mol. The lowest BCUT2D eigenvalue weighted by atomic mass is 10.2. The van der Waals surface area contributed by atoms with Crippen LogP contribution >= 0.6 is 0 Å². The number of hydrogen-bond donors (Lipinski definition) is 1. The van der Waals surface area contributed by atoms with E-state index in [1.807, 2.05) is 6.07 Å². The third-order valence-corrected chi connectivity index (χ3v) is 2.42. The maximum atomic E-state index is 11.3. The van der Waals surface area contributed by atoms with Gasteiger partial charge in [0.1, 0.15) is 11.8 Å². The summed E-state index contributed by atoms with van der Waals surface area (Å²) in [6, 6.07) is 6.94. The van der Waals surface area contributed by atoms with Gasteiger partial charge in [0, 0.05) is 26.2 Å². The molecule has 1 aromatic rings. The first kappa shape index (κ1) is 13.8. The minimum Gasteiger partial charge on any atom is -0.492 e. The summed E-state index contributed by atoms with van der Waals surface area (Å²) in [6.07, 6.45) is 1.05. The third-order valence-electron chi connectivity index (χ3n) is 2.42. The minimum atomic E-state index is 0.0661. The summed E-state index contributed by atoms with van der Waals surface area (Å²) in [7, 11) is 3.44. The Morgan fingerprint density at radius 1 is 1.50 bits per heavy atom. The van der Waals surface area contributed by atoms with E-state index in [0.717, 1.165) is 0 Å². The summed E-state index contributed by atoms with van der Waals surface area (Å²) < 4.78 is 5.46. The highest BCUT2D eigenvalue weighted by molar-refractivity contribution is 5.75. The molecule has 1 amide bonds. The second-order valence-electron chi connectivity index (χ2n) is 4.11. The SMILES string of the molecule is CN(C)C(=O)CCCOc1ccc(N)cc1C#N. The molecule has 0 aliphatic carbocycles. The molecule has 18 heavy (non-hydrogen) atoms. The molecule has 0 aromatic heterocycles. The normalized spacial score (nSPS) is 9.61. The molecule has 0 saturated carbocycles. The van der Waals surface area contributed by atoms with Crippen LogP contribution in [0.5, 0.6) is 5.75 Å². The fraction of sp³-hybridized carbons (Fsp3) is 0.385. The Bertz CT molecular complexity index is 464. The van der Waals surface area contributed by atoms with Gasteiger partial charge in [-0.15, -0.1) is 0 Å². The molecule has 0 atom stereocenters. The fourth-order valence-corrected chi connectivity index (χ4v) is 1.39. The molecule has 0 spiro atoms. The number of ether oxygens (including phenoxy) is 1. The van der Waals surface area contributed by atoms with Gasteiger partial charge in [0.25, 0.3) is 0 Å². The zero-order valence-electron chi connectivity index (χ0n) is 10.6. The van der Waals surface area contributed by atoms with E-state index in [2.05, 4.69) is 0 Å². The van der Waals surface area contributed by atoms with Crippen LogP contribution in [-0.4, -0.2) is 31.5 Å². The van der Waals surface area contributed by atoms with Crippen LogP contribution in [0.1, 0.15) is 18.4 Å². The smallest absolute Gasteiger partial charge is 0.222 e. The van der Waals surface area contributed by atoms with Crippen molar-refractivity contribution in [2.45, 2.75) is 12.8 Å². The molecule has 0 radical (unpaired) electrons. The van der Waals surface area contributed by atoms with Crippen LogP contribution in [0.15, 0.2) is 18.2 Å². The highest BCUT2D eigenvalue weighted by Gasteiger charge is 2.06. The van der Waals surface area contributed by atoms with Gasteiger partial charge in [0.15, 0.2) is 0 Å². The van der Waals surface area contributed by atoms with Crippen molar-refractivity contribution in [2.75, 3.05) is 26.4 Å². The first-order valence-electron chi connectivity index (χ1n) is 5.67. The Hall–Kier alpha value is -2.22. The number of benzene rings is 1. The van der Waals surface area contributed by atoms with E-state index in [4.69, 9.17) is 15.7 Å². The number of amides is 1. The quantitative estimate of drug-likeness (QED) is 0.630. The second kappa shape index (κ2) is 6.50. The van der Waals surface area contributed by atoms with Crippen LogP contribution in [0.2, 0.25) is 0 Å². The summed E-state index contributed by atoms with van der Waals surface area (Å²) in [5.74, 6) is 0.570. The molecule has 5 heteroatoms. The van der Waals surface area contributed by atoms with Gasteiger partial charge in [-0.25, -0.2) is 0 Å². The van der Waals surface area contributed by atoms with E-state index in [9.17, 15) is 4.79 Å². The molecule has 0 aliphatic heterocycles. The molecule has 96 valence electrons. The van der Waals surface area contributed by atoms with Crippen molar-refractivity contribution in [1.29, 1.82) is 5.26 Å². The van der Waals surface area contributed by atoms with E-state index in [1.165, 1.54) is 0 Å². The van der Waals surface area contributed by atoms with Crippen molar-refractivity contribution in [3.05, 3.63) is 23.8 Å². The molecule has 5 nitrogen and oxygen atoms in total. The maximum absolute atomic E-state index is 11.3. The number of carbonyl (C=O) groups excluding carboxylic acids is 1. The second-order valence-corrected chi connectivity index (χ2v) is 4.11. The molecule has 0 aliphatic rings. The first-order chi connectivity index (χ1) is 8.54. The molecule has 0 fully saturated rings. The Kier molecular flexibility index (Phi) is 5.00. The highest BCUT2D eigenvalue weighted by atomic mass is 16.5. The van der Waals surface area contributed by atoms with Crippen molar-refractivity contribution in [1.82, 2.24) is 4.90 Å². The predicted octanol–water partition coefficient (Wildman–Crippen LogP) is 1.39. The largest absolute Gasteiger partial charge is 0.492 e. The van der Waals surface area contributed by atoms with Crippen LogP contribution in [-0.2, 0) is 4.79 Å². The zero-order valence-corrected chi connectivity index (χ0v) is 10.6. The lowest BCUT2D eigenvalue weighted by molar-refractivity contribution is -0.128. The Morgan fingerprint density at radius 3 is 2.83 bits per heavy atom. The summed E-state index contributed by atoms with van der Waals surface area (Å²) in [4.78, 5) is 12.9. The number of hydrogen-bond acceptors (Lipinski definition) is 4. The lowest BCUT2D eigenvalue weighted by Crippen LogP contribution is -2.21. The Morgan fingerprint density at radius 2 is 2.22 bits per heavy atom. The van der Waals surface area contributed by atoms with Crippen LogP contribution in [0.4, 0.5) is 5.69 Å². The average molecular weight is 247 g/mol. The third kappa shape index (κ3) is 3.98. The number of anilines is 1. The monoisotopic (exact) mass is 247 g/mol. The number of nitrogen functional groups attached to an aromatic ring is 1. The molecular formula is C13H17N3O2. The molecule has 1 rings (SSSR count). The first-order valence-corrected chi connectivity index (χ1v) is 5.67. The number of nitrogens with zero attached hydrogens (tertiary/aromatic N) is 2. The maximum Gasteiger partial charge on any atom is 0.222 e. The summed E-state index contributed by atoms with van der Waals surface area (Å²) in [5, 5.41) is 8.91. The van der Waals surface area contributed by atoms with Gasteiger partial charge in [0.2, 0.25) is 5.91 Å². The highest BCUT2D eigenvalue weighted by Crippen LogP contribution is 2.20. The molecular weight excluding hydrogens is 230 g/mol. The molecule has 1 aromatic carbocycles. The molecule has 0 heterocycles. The fourth-order valence-electron chi connectivity index (χ4n) is 1.39. The van der Waals surface area contributed by atoms with Crippen LogP contribution in [0.3, 0.4) is 0 Å². The summed E-state index contributed by atoms with van der Waals surface area (Å²) in [6.45, 7) is 0.401. The van der Waals surface area contributed by atoms with Crippen molar-refractivity contribution < 1.29 is 9.53 Å². The minimum absolute atomic E-state index is 0.0661. The van der Waals surface area contributed by atoms with E-state index in [1.54, 1.807) is 37.2 Å². The molecule has 2 N–H and O–H groups in total. The van der Waals surface area contributed by atoms with Gasteiger partial charge in [-0.1, -0.05) is 0 Å². The van der Waals surface area contributed by atoms with Crippen molar-refractivity contribution in [2.24, 2.45) is 0 Å². The van der Waals surface area contributed by atoms with Crippen LogP contribution in [0.25, 0.3) is 0 Å². The van der Waals surface area contributed by atoms with Gasteiger partial charge >= 0.3 is 0 Å². The van der Waals surface area contributed by atoms with Gasteiger partial charge in [-0.2, -0.15) is 5.26 Å². The van der Waals surface area contributed by atoms with Gasteiger partial charge in [0.05, 0.1) is 12.2 Å². The van der Waals surface area contributed by atoms with Crippen molar-refractivity contribution >= 4 is 11.6 Å². The molecule has 0 unspecified atom stereocenters. The average Bonchev–Trinajstić information content (AvgIpc) is 2.35.